The predicted molar refractivity (Wildman–Crippen MR) is 63.8 cm³/mol. The van der Waals surface area contributed by atoms with Gasteiger partial charge in [0.1, 0.15) is 6.26 Å². The standard InChI is InChI=1S/C10H14Cl2N2O2/c1-3-4-5-10(11,12)8(15)14-9-13-7(2)6-16-9/h6H,3-5H2,1-2H3,(H,13,14,15). The zero-order chi connectivity index (χ0) is 12.2. The summed E-state index contributed by atoms with van der Waals surface area (Å²) >= 11 is 11.8. The van der Waals surface area contributed by atoms with Crippen molar-refractivity contribution in [2.75, 3.05) is 5.32 Å². The minimum atomic E-state index is -1.43. The lowest BCUT2D eigenvalue weighted by atomic mass is 10.2. The summed E-state index contributed by atoms with van der Waals surface area (Å²) in [4.78, 5) is 15.6. The molecule has 1 N–H and O–H groups in total. The second-order valence-electron chi connectivity index (χ2n) is 3.56. The van der Waals surface area contributed by atoms with Crippen molar-refractivity contribution < 1.29 is 9.21 Å². The third kappa shape index (κ3) is 3.68. The largest absolute Gasteiger partial charge is 0.432 e. The van der Waals surface area contributed by atoms with E-state index < -0.39 is 10.2 Å². The lowest BCUT2D eigenvalue weighted by Crippen LogP contribution is -2.32. The second-order valence-corrected chi connectivity index (χ2v) is 5.04. The zero-order valence-electron chi connectivity index (χ0n) is 9.22. The number of carbonyl (C=O) groups excluding carboxylic acids is 1. The van der Waals surface area contributed by atoms with Crippen LogP contribution in [0.2, 0.25) is 0 Å². The number of nitrogens with one attached hydrogen (secondary N) is 1. The summed E-state index contributed by atoms with van der Waals surface area (Å²) in [5, 5.41) is 2.43. The maximum absolute atomic E-state index is 11.7. The molecule has 1 amide bonds. The van der Waals surface area contributed by atoms with Crippen LogP contribution in [0.1, 0.15) is 31.9 Å². The van der Waals surface area contributed by atoms with Gasteiger partial charge in [-0.15, -0.1) is 0 Å². The molecule has 16 heavy (non-hydrogen) atoms. The van der Waals surface area contributed by atoms with Crippen LogP contribution in [0.3, 0.4) is 0 Å². The van der Waals surface area contributed by atoms with Gasteiger partial charge in [-0.05, 0) is 13.3 Å². The molecule has 1 rings (SSSR count). The molecule has 1 heterocycles. The topological polar surface area (TPSA) is 55.1 Å². The summed E-state index contributed by atoms with van der Waals surface area (Å²) in [5.74, 6) is -0.508. The Bertz CT molecular complexity index is 363. The first-order valence-electron chi connectivity index (χ1n) is 5.07. The van der Waals surface area contributed by atoms with Crippen LogP contribution in [0.15, 0.2) is 10.7 Å². The smallest absolute Gasteiger partial charge is 0.301 e. The van der Waals surface area contributed by atoms with Crippen molar-refractivity contribution in [1.29, 1.82) is 0 Å². The van der Waals surface area contributed by atoms with Gasteiger partial charge in [-0.3, -0.25) is 10.1 Å². The summed E-state index contributed by atoms with van der Waals surface area (Å²) in [6.45, 7) is 3.75. The van der Waals surface area contributed by atoms with Crippen LogP contribution in [0.5, 0.6) is 0 Å². The van der Waals surface area contributed by atoms with Crippen LogP contribution in [-0.2, 0) is 4.79 Å². The number of aromatic nitrogens is 1. The van der Waals surface area contributed by atoms with Crippen molar-refractivity contribution in [1.82, 2.24) is 4.98 Å². The Morgan fingerprint density at radius 2 is 2.31 bits per heavy atom. The summed E-state index contributed by atoms with van der Waals surface area (Å²) in [6.07, 6.45) is 3.54. The van der Waals surface area contributed by atoms with Gasteiger partial charge in [0.25, 0.3) is 5.91 Å². The van der Waals surface area contributed by atoms with E-state index in [1.807, 2.05) is 6.92 Å². The highest BCUT2D eigenvalue weighted by Gasteiger charge is 2.33. The van der Waals surface area contributed by atoms with Gasteiger partial charge in [0.2, 0.25) is 0 Å². The molecule has 0 saturated carbocycles. The number of nitrogens with zero attached hydrogens (tertiary/aromatic N) is 1. The number of anilines is 1. The van der Waals surface area contributed by atoms with E-state index in [0.717, 1.165) is 12.8 Å². The highest BCUT2D eigenvalue weighted by molar-refractivity contribution is 6.59. The number of hydrogen-bond donors (Lipinski definition) is 1. The fourth-order valence-electron chi connectivity index (χ4n) is 1.11. The minimum absolute atomic E-state index is 0.115. The fourth-order valence-corrected chi connectivity index (χ4v) is 1.47. The molecule has 0 saturated heterocycles. The van der Waals surface area contributed by atoms with E-state index in [4.69, 9.17) is 27.6 Å². The van der Waals surface area contributed by atoms with Crippen molar-refractivity contribution in [3.8, 4) is 0 Å². The molecule has 0 aliphatic rings. The van der Waals surface area contributed by atoms with Crippen molar-refractivity contribution in [2.24, 2.45) is 0 Å². The van der Waals surface area contributed by atoms with Gasteiger partial charge in [0.05, 0.1) is 5.69 Å². The highest BCUT2D eigenvalue weighted by Crippen LogP contribution is 2.29. The number of halogens is 2. The normalized spacial score (nSPS) is 11.5. The Morgan fingerprint density at radius 1 is 1.62 bits per heavy atom. The number of oxazole rings is 1. The van der Waals surface area contributed by atoms with E-state index in [1.165, 1.54) is 6.26 Å². The average molecular weight is 265 g/mol. The molecule has 0 unspecified atom stereocenters. The molecular weight excluding hydrogens is 251 g/mol. The van der Waals surface area contributed by atoms with E-state index in [1.54, 1.807) is 6.92 Å². The molecule has 90 valence electrons. The van der Waals surface area contributed by atoms with E-state index in [9.17, 15) is 4.79 Å². The quantitative estimate of drug-likeness (QED) is 0.831. The number of alkyl halides is 2. The zero-order valence-corrected chi connectivity index (χ0v) is 10.7. The van der Waals surface area contributed by atoms with Gasteiger partial charge >= 0.3 is 6.01 Å². The molecule has 0 bridgehead atoms. The Morgan fingerprint density at radius 3 is 2.81 bits per heavy atom. The lowest BCUT2D eigenvalue weighted by Gasteiger charge is -2.16. The maximum atomic E-state index is 11.7. The summed E-state index contributed by atoms with van der Waals surface area (Å²) < 4.78 is 3.54. The molecule has 0 radical (unpaired) electrons. The van der Waals surface area contributed by atoms with Gasteiger partial charge < -0.3 is 4.42 Å². The number of amides is 1. The molecule has 0 fully saturated rings. The average Bonchev–Trinajstić information content (AvgIpc) is 2.61. The Labute approximate surface area is 104 Å². The third-order valence-corrected chi connectivity index (χ3v) is 2.74. The SMILES string of the molecule is CCCCC(Cl)(Cl)C(=O)Nc1nc(C)co1. The maximum Gasteiger partial charge on any atom is 0.301 e. The first-order chi connectivity index (χ1) is 7.45. The molecule has 1 aromatic rings. The molecule has 0 aromatic carbocycles. The number of rotatable bonds is 5. The number of unbranched alkanes of at least 4 members (excludes halogenated alkanes) is 1. The van der Waals surface area contributed by atoms with Crippen molar-refractivity contribution in [3.05, 3.63) is 12.0 Å². The Balaban J connectivity index is 2.57. The van der Waals surface area contributed by atoms with Gasteiger partial charge in [0, 0.05) is 0 Å². The van der Waals surface area contributed by atoms with Crippen LogP contribution in [0.4, 0.5) is 6.01 Å². The van der Waals surface area contributed by atoms with Gasteiger partial charge in [-0.1, -0.05) is 43.0 Å². The van der Waals surface area contributed by atoms with Crippen LogP contribution in [0.25, 0.3) is 0 Å². The molecule has 1 aromatic heterocycles. The van der Waals surface area contributed by atoms with E-state index >= 15 is 0 Å². The molecule has 6 heteroatoms. The number of hydrogen-bond acceptors (Lipinski definition) is 3. The Hall–Kier alpha value is -0.740. The van der Waals surface area contributed by atoms with Crippen LogP contribution in [0, 0.1) is 6.92 Å². The van der Waals surface area contributed by atoms with Crippen LogP contribution < -0.4 is 5.32 Å². The summed E-state index contributed by atoms with van der Waals surface area (Å²) in [6, 6.07) is 0.115. The highest BCUT2D eigenvalue weighted by atomic mass is 35.5. The predicted octanol–water partition coefficient (Wildman–Crippen LogP) is 3.29. The summed E-state index contributed by atoms with van der Waals surface area (Å²) in [5.41, 5.74) is 0.679. The molecule has 4 nitrogen and oxygen atoms in total. The molecular formula is C10H14Cl2N2O2. The van der Waals surface area contributed by atoms with Crippen LogP contribution >= 0.6 is 23.2 Å². The van der Waals surface area contributed by atoms with Gasteiger partial charge in [-0.25, -0.2) is 0 Å². The van der Waals surface area contributed by atoms with Crippen molar-refractivity contribution >= 4 is 35.1 Å². The van der Waals surface area contributed by atoms with Crippen molar-refractivity contribution in [3.63, 3.8) is 0 Å². The monoisotopic (exact) mass is 264 g/mol. The van der Waals surface area contributed by atoms with E-state index in [2.05, 4.69) is 10.3 Å². The first kappa shape index (κ1) is 13.3. The van der Waals surface area contributed by atoms with E-state index in [0.29, 0.717) is 12.1 Å². The molecule has 0 aliphatic carbocycles. The van der Waals surface area contributed by atoms with Crippen molar-refractivity contribution in [2.45, 2.75) is 37.4 Å². The second kappa shape index (κ2) is 5.55. The number of aryl methyl sites for hydroxylation is 1. The minimum Gasteiger partial charge on any atom is -0.432 e. The molecule has 0 atom stereocenters. The Kier molecular flexibility index (Phi) is 4.62. The fraction of sp³-hybridized carbons (Fsp3) is 0.600. The lowest BCUT2D eigenvalue weighted by molar-refractivity contribution is -0.117. The van der Waals surface area contributed by atoms with Gasteiger partial charge in [0.15, 0.2) is 4.33 Å². The first-order valence-corrected chi connectivity index (χ1v) is 5.82. The third-order valence-electron chi connectivity index (χ3n) is 2.02. The molecule has 0 spiro atoms. The van der Waals surface area contributed by atoms with E-state index in [-0.39, 0.29) is 6.01 Å². The van der Waals surface area contributed by atoms with Gasteiger partial charge in [-0.2, -0.15) is 4.98 Å². The number of carbonyl (C=O) groups is 1. The van der Waals surface area contributed by atoms with Crippen LogP contribution in [-0.4, -0.2) is 15.2 Å². The molecule has 0 aliphatic heterocycles. The summed E-state index contributed by atoms with van der Waals surface area (Å²) in [7, 11) is 0.